The molecule has 38 heavy (non-hydrogen) atoms. The second-order valence-electron chi connectivity index (χ2n) is 9.66. The van der Waals surface area contributed by atoms with Gasteiger partial charge >= 0.3 is 0 Å². The second kappa shape index (κ2) is 12.8. The summed E-state index contributed by atoms with van der Waals surface area (Å²) in [4.78, 5) is 30.4. The average molecular weight is 521 g/mol. The van der Waals surface area contributed by atoms with E-state index in [1.807, 2.05) is 38.1 Å². The predicted octanol–water partition coefficient (Wildman–Crippen LogP) is 4.18. The lowest BCUT2D eigenvalue weighted by atomic mass is 9.95. The van der Waals surface area contributed by atoms with Crippen LogP contribution in [0.3, 0.4) is 0 Å². The number of hydrogen-bond donors (Lipinski definition) is 1. The highest BCUT2D eigenvalue weighted by atomic mass is 16.5. The van der Waals surface area contributed by atoms with Crippen molar-refractivity contribution in [3.63, 3.8) is 0 Å². The maximum Gasteiger partial charge on any atom is 0.295 e. The molecule has 2 aliphatic heterocycles. The van der Waals surface area contributed by atoms with Crippen molar-refractivity contribution in [1.82, 2.24) is 9.80 Å². The van der Waals surface area contributed by atoms with Crippen LogP contribution in [0.5, 0.6) is 11.5 Å². The summed E-state index contributed by atoms with van der Waals surface area (Å²) >= 11 is 0. The fourth-order valence-electron chi connectivity index (χ4n) is 4.77. The van der Waals surface area contributed by atoms with Crippen LogP contribution in [0.15, 0.2) is 66.8 Å². The predicted molar refractivity (Wildman–Crippen MR) is 145 cm³/mol. The zero-order valence-electron chi connectivity index (χ0n) is 22.1. The number of likely N-dealkylation sites (tertiary alicyclic amines) is 1. The van der Waals surface area contributed by atoms with Crippen LogP contribution >= 0.6 is 0 Å². The lowest BCUT2D eigenvalue weighted by Gasteiger charge is -2.29. The van der Waals surface area contributed by atoms with Gasteiger partial charge in [0.2, 0.25) is 0 Å². The lowest BCUT2D eigenvalue weighted by Crippen LogP contribution is -2.38. The Kier molecular flexibility index (Phi) is 9.20. The molecule has 2 aliphatic rings. The molecule has 2 aromatic carbocycles. The lowest BCUT2D eigenvalue weighted by molar-refractivity contribution is -0.140. The topological polar surface area (TPSA) is 88.5 Å². The van der Waals surface area contributed by atoms with Gasteiger partial charge in [-0.05, 0) is 62.2 Å². The molecule has 0 bridgehead atoms. The Bertz CT molecular complexity index is 1150. The SMILES string of the molecule is C=CCOc1ccc(C(O)=C2C(=O)C(=O)N(CCCN3CCOCC3)[C@@H]2c2ccc(OC(C)C)cc2)cc1. The smallest absolute Gasteiger partial charge is 0.295 e. The van der Waals surface area contributed by atoms with E-state index in [0.29, 0.717) is 49.8 Å². The molecule has 1 atom stereocenters. The summed E-state index contributed by atoms with van der Waals surface area (Å²) in [5.74, 6) is -0.187. The van der Waals surface area contributed by atoms with E-state index < -0.39 is 17.7 Å². The highest BCUT2D eigenvalue weighted by molar-refractivity contribution is 6.46. The maximum absolute atomic E-state index is 13.3. The molecule has 0 saturated carbocycles. The molecule has 8 nitrogen and oxygen atoms in total. The molecule has 1 amide bonds. The highest BCUT2D eigenvalue weighted by Gasteiger charge is 2.45. The fourth-order valence-corrected chi connectivity index (χ4v) is 4.77. The van der Waals surface area contributed by atoms with Crippen LogP contribution in [0.2, 0.25) is 0 Å². The van der Waals surface area contributed by atoms with E-state index in [2.05, 4.69) is 11.5 Å². The van der Waals surface area contributed by atoms with Gasteiger partial charge in [0.05, 0.1) is 30.9 Å². The standard InChI is InChI=1S/C30H36N2O6/c1-4-18-37-24-10-8-23(9-11-24)28(33)26-27(22-6-12-25(13-7-22)38-21(2)3)32(30(35)29(26)34)15-5-14-31-16-19-36-20-17-31/h4,6-13,21,27,33H,1,5,14-20H2,2-3H3/t27-/m1/s1. The molecule has 1 N–H and O–H groups in total. The Labute approximate surface area is 224 Å². The largest absolute Gasteiger partial charge is 0.507 e. The molecule has 2 heterocycles. The summed E-state index contributed by atoms with van der Waals surface area (Å²) in [5.41, 5.74) is 1.25. The molecule has 0 aromatic heterocycles. The van der Waals surface area contributed by atoms with Gasteiger partial charge in [0.1, 0.15) is 23.9 Å². The van der Waals surface area contributed by atoms with Gasteiger partial charge in [-0.15, -0.1) is 0 Å². The number of benzene rings is 2. The Morgan fingerprint density at radius 3 is 2.34 bits per heavy atom. The quantitative estimate of drug-likeness (QED) is 0.206. The van der Waals surface area contributed by atoms with E-state index in [-0.39, 0.29) is 17.4 Å². The van der Waals surface area contributed by atoms with E-state index in [1.54, 1.807) is 35.2 Å². The summed E-state index contributed by atoms with van der Waals surface area (Å²) in [6.45, 7) is 12.2. The van der Waals surface area contributed by atoms with Gasteiger partial charge in [-0.2, -0.15) is 0 Å². The van der Waals surface area contributed by atoms with Gasteiger partial charge in [-0.25, -0.2) is 0 Å². The van der Waals surface area contributed by atoms with Crippen molar-refractivity contribution in [3.05, 3.63) is 77.9 Å². The summed E-state index contributed by atoms with van der Waals surface area (Å²) in [7, 11) is 0. The summed E-state index contributed by atoms with van der Waals surface area (Å²) in [5, 5.41) is 11.3. The number of amides is 1. The zero-order valence-corrected chi connectivity index (χ0v) is 22.1. The Balaban J connectivity index is 1.64. The van der Waals surface area contributed by atoms with Crippen molar-refractivity contribution in [3.8, 4) is 11.5 Å². The summed E-state index contributed by atoms with van der Waals surface area (Å²) < 4.78 is 16.7. The first-order valence-electron chi connectivity index (χ1n) is 13.1. The number of carbonyl (C=O) groups excluding carboxylic acids is 2. The van der Waals surface area contributed by atoms with Crippen molar-refractivity contribution < 1.29 is 28.9 Å². The van der Waals surface area contributed by atoms with Crippen molar-refractivity contribution in [2.45, 2.75) is 32.4 Å². The molecule has 2 fully saturated rings. The molecule has 8 heteroatoms. The zero-order chi connectivity index (χ0) is 27.1. The van der Waals surface area contributed by atoms with E-state index in [9.17, 15) is 14.7 Å². The van der Waals surface area contributed by atoms with Crippen LogP contribution in [0.4, 0.5) is 0 Å². The maximum atomic E-state index is 13.3. The number of aliphatic hydroxyl groups excluding tert-OH is 1. The summed E-state index contributed by atoms with van der Waals surface area (Å²) in [6, 6.07) is 13.4. The second-order valence-corrected chi connectivity index (χ2v) is 9.66. The minimum Gasteiger partial charge on any atom is -0.507 e. The Morgan fingerprint density at radius 2 is 1.71 bits per heavy atom. The molecule has 202 valence electrons. The molecule has 0 aliphatic carbocycles. The van der Waals surface area contributed by atoms with E-state index in [1.165, 1.54) is 0 Å². The minimum atomic E-state index is -0.704. The Morgan fingerprint density at radius 1 is 1.05 bits per heavy atom. The minimum absolute atomic E-state index is 0.0186. The number of hydrogen-bond acceptors (Lipinski definition) is 7. The molecule has 0 unspecified atom stereocenters. The molecule has 4 rings (SSSR count). The normalized spacial score (nSPS) is 19.7. The summed E-state index contributed by atoms with van der Waals surface area (Å²) in [6.07, 6.45) is 2.37. The van der Waals surface area contributed by atoms with E-state index in [0.717, 1.165) is 25.2 Å². The molecule has 2 saturated heterocycles. The molecular weight excluding hydrogens is 484 g/mol. The van der Waals surface area contributed by atoms with Gasteiger partial charge in [-0.3, -0.25) is 14.5 Å². The average Bonchev–Trinajstić information content (AvgIpc) is 3.17. The van der Waals surface area contributed by atoms with Crippen LogP contribution in [-0.2, 0) is 14.3 Å². The van der Waals surface area contributed by atoms with E-state index >= 15 is 0 Å². The number of carbonyl (C=O) groups is 2. The number of rotatable bonds is 11. The third kappa shape index (κ3) is 6.44. The van der Waals surface area contributed by atoms with Gasteiger partial charge in [-0.1, -0.05) is 24.8 Å². The number of ether oxygens (including phenoxy) is 3. The monoisotopic (exact) mass is 520 g/mol. The number of morpholine rings is 1. The van der Waals surface area contributed by atoms with Gasteiger partial charge < -0.3 is 24.2 Å². The molecule has 2 aromatic rings. The van der Waals surface area contributed by atoms with Gasteiger partial charge in [0, 0.05) is 31.7 Å². The van der Waals surface area contributed by atoms with Crippen molar-refractivity contribution in [2.24, 2.45) is 0 Å². The number of Topliss-reactive ketones (excluding diaryl/α,β-unsaturated/α-hetero) is 1. The number of nitrogens with zero attached hydrogens (tertiary/aromatic N) is 2. The first kappa shape index (κ1) is 27.4. The molecular formula is C30H36N2O6. The van der Waals surface area contributed by atoms with Crippen molar-refractivity contribution in [2.75, 3.05) is 46.0 Å². The number of ketones is 1. The molecule has 0 radical (unpaired) electrons. The van der Waals surface area contributed by atoms with Crippen molar-refractivity contribution >= 4 is 17.4 Å². The first-order chi connectivity index (χ1) is 18.4. The first-order valence-corrected chi connectivity index (χ1v) is 13.1. The van der Waals surface area contributed by atoms with Crippen LogP contribution < -0.4 is 9.47 Å². The van der Waals surface area contributed by atoms with Gasteiger partial charge in [0.25, 0.3) is 11.7 Å². The third-order valence-corrected chi connectivity index (χ3v) is 6.58. The van der Waals surface area contributed by atoms with Gasteiger partial charge in [0.15, 0.2) is 0 Å². The fraction of sp³-hybridized carbons (Fsp3) is 0.400. The third-order valence-electron chi connectivity index (χ3n) is 6.58. The van der Waals surface area contributed by atoms with E-state index in [4.69, 9.17) is 14.2 Å². The van der Waals surface area contributed by atoms with Crippen LogP contribution in [0.25, 0.3) is 5.76 Å². The van der Waals surface area contributed by atoms with Crippen LogP contribution in [-0.4, -0.2) is 78.7 Å². The van der Waals surface area contributed by atoms with Crippen LogP contribution in [0.1, 0.15) is 37.4 Å². The van der Waals surface area contributed by atoms with Crippen LogP contribution in [0, 0.1) is 0 Å². The number of aliphatic hydroxyl groups is 1. The van der Waals surface area contributed by atoms with Crippen molar-refractivity contribution in [1.29, 1.82) is 0 Å². The highest BCUT2D eigenvalue weighted by Crippen LogP contribution is 2.40. The Hall–Kier alpha value is -3.62. The molecule has 0 spiro atoms.